The predicted molar refractivity (Wildman–Crippen MR) is 57.6 cm³/mol. The van der Waals surface area contributed by atoms with E-state index in [0.29, 0.717) is 5.56 Å². The van der Waals surface area contributed by atoms with E-state index >= 15 is 0 Å². The van der Waals surface area contributed by atoms with Gasteiger partial charge in [0, 0.05) is 5.56 Å². The maximum absolute atomic E-state index is 11.0. The summed E-state index contributed by atoms with van der Waals surface area (Å²) in [5, 5.41) is 1.00. The van der Waals surface area contributed by atoms with Crippen molar-refractivity contribution < 1.29 is 4.79 Å². The number of carbonyl (C=O) groups excluding carboxylic acids is 1. The first-order chi connectivity index (χ1) is 6.58. The number of carbonyl (C=O) groups is 1. The molecule has 1 amide bonds. The van der Waals surface area contributed by atoms with Crippen LogP contribution in [0.25, 0.3) is 10.2 Å². The SMILES string of the molecule is Cc1nc2cc(C(N)=O)cc(C)c2s1. The third kappa shape index (κ3) is 1.37. The molecule has 14 heavy (non-hydrogen) atoms. The Balaban J connectivity index is 2.77. The summed E-state index contributed by atoms with van der Waals surface area (Å²) in [6.45, 7) is 3.92. The van der Waals surface area contributed by atoms with Crippen LogP contribution in [0, 0.1) is 13.8 Å². The van der Waals surface area contributed by atoms with Crippen LogP contribution in [0.4, 0.5) is 0 Å². The zero-order chi connectivity index (χ0) is 10.3. The van der Waals surface area contributed by atoms with Crippen molar-refractivity contribution in [2.24, 2.45) is 5.73 Å². The molecule has 0 saturated carbocycles. The van der Waals surface area contributed by atoms with Crippen LogP contribution in [0.3, 0.4) is 0 Å². The Kier molecular flexibility index (Phi) is 2.00. The Morgan fingerprint density at radius 3 is 2.79 bits per heavy atom. The first-order valence-corrected chi connectivity index (χ1v) is 5.07. The average Bonchev–Trinajstić information content (AvgIpc) is 2.45. The largest absolute Gasteiger partial charge is 0.366 e. The van der Waals surface area contributed by atoms with Crippen LogP contribution in [0.5, 0.6) is 0 Å². The number of nitrogens with zero attached hydrogens (tertiary/aromatic N) is 1. The molecule has 0 spiro atoms. The van der Waals surface area contributed by atoms with Crippen LogP contribution in [-0.4, -0.2) is 10.9 Å². The Morgan fingerprint density at radius 2 is 2.14 bits per heavy atom. The number of aromatic nitrogens is 1. The highest BCUT2D eigenvalue weighted by atomic mass is 32.1. The minimum Gasteiger partial charge on any atom is -0.366 e. The first kappa shape index (κ1) is 9.15. The van der Waals surface area contributed by atoms with Crippen molar-refractivity contribution in [1.29, 1.82) is 0 Å². The number of fused-ring (bicyclic) bond motifs is 1. The van der Waals surface area contributed by atoms with Gasteiger partial charge < -0.3 is 5.73 Å². The van der Waals surface area contributed by atoms with Gasteiger partial charge in [0.05, 0.1) is 15.2 Å². The molecule has 1 heterocycles. The van der Waals surface area contributed by atoms with Crippen LogP contribution in [0.15, 0.2) is 12.1 Å². The van der Waals surface area contributed by atoms with Gasteiger partial charge in [-0.1, -0.05) is 0 Å². The second-order valence-electron chi connectivity index (χ2n) is 3.24. The number of hydrogen-bond acceptors (Lipinski definition) is 3. The molecular formula is C10H10N2OS. The Bertz CT molecular complexity index is 516. The summed E-state index contributed by atoms with van der Waals surface area (Å²) in [7, 11) is 0. The van der Waals surface area contributed by atoms with Crippen LogP contribution in [0.2, 0.25) is 0 Å². The van der Waals surface area contributed by atoms with Gasteiger partial charge in [-0.05, 0) is 31.5 Å². The molecule has 2 rings (SSSR count). The zero-order valence-electron chi connectivity index (χ0n) is 8.00. The number of nitrogens with two attached hydrogens (primary N) is 1. The van der Waals surface area contributed by atoms with E-state index in [0.717, 1.165) is 20.8 Å². The maximum atomic E-state index is 11.0. The van der Waals surface area contributed by atoms with Crippen LogP contribution in [-0.2, 0) is 0 Å². The highest BCUT2D eigenvalue weighted by molar-refractivity contribution is 7.18. The third-order valence-corrected chi connectivity index (χ3v) is 3.19. The van der Waals surface area contributed by atoms with Crippen molar-refractivity contribution in [3.8, 4) is 0 Å². The fourth-order valence-corrected chi connectivity index (χ4v) is 2.32. The molecule has 1 aromatic carbocycles. The van der Waals surface area contributed by atoms with E-state index in [1.807, 2.05) is 19.9 Å². The third-order valence-electron chi connectivity index (χ3n) is 2.07. The second kappa shape index (κ2) is 3.06. The van der Waals surface area contributed by atoms with Crippen LogP contribution in [0.1, 0.15) is 20.9 Å². The highest BCUT2D eigenvalue weighted by Gasteiger charge is 2.08. The standard InChI is InChI=1S/C10H10N2OS/c1-5-3-7(10(11)13)4-8-9(5)14-6(2)12-8/h3-4H,1-2H3,(H2,11,13). The molecule has 0 atom stereocenters. The molecule has 1 aromatic heterocycles. The predicted octanol–water partition coefficient (Wildman–Crippen LogP) is 2.01. The summed E-state index contributed by atoms with van der Waals surface area (Å²) >= 11 is 1.64. The Labute approximate surface area is 85.6 Å². The topological polar surface area (TPSA) is 56.0 Å². The number of benzene rings is 1. The number of amides is 1. The lowest BCUT2D eigenvalue weighted by molar-refractivity contribution is 0.100. The van der Waals surface area contributed by atoms with Gasteiger partial charge in [-0.3, -0.25) is 4.79 Å². The van der Waals surface area contributed by atoms with Gasteiger partial charge in [-0.25, -0.2) is 4.98 Å². The van der Waals surface area contributed by atoms with E-state index in [1.165, 1.54) is 0 Å². The number of rotatable bonds is 1. The molecule has 2 aromatic rings. The van der Waals surface area contributed by atoms with Gasteiger partial charge in [0.2, 0.25) is 5.91 Å². The lowest BCUT2D eigenvalue weighted by Gasteiger charge is -1.98. The number of thiazole rings is 1. The molecule has 0 aliphatic carbocycles. The van der Waals surface area contributed by atoms with E-state index in [9.17, 15) is 4.79 Å². The Hall–Kier alpha value is -1.42. The molecule has 0 aliphatic heterocycles. The molecule has 0 saturated heterocycles. The summed E-state index contributed by atoms with van der Waals surface area (Å²) < 4.78 is 1.13. The van der Waals surface area contributed by atoms with Crippen LogP contribution >= 0.6 is 11.3 Å². The van der Waals surface area contributed by atoms with E-state index in [4.69, 9.17) is 5.73 Å². The minimum atomic E-state index is -0.402. The minimum absolute atomic E-state index is 0.402. The quantitative estimate of drug-likeness (QED) is 0.776. The number of primary amides is 1. The lowest BCUT2D eigenvalue weighted by atomic mass is 10.1. The fourth-order valence-electron chi connectivity index (χ4n) is 1.45. The lowest BCUT2D eigenvalue weighted by Crippen LogP contribution is -2.10. The van der Waals surface area contributed by atoms with Gasteiger partial charge in [-0.15, -0.1) is 11.3 Å². The molecule has 0 unspecified atom stereocenters. The normalized spacial score (nSPS) is 10.7. The van der Waals surface area contributed by atoms with Crippen molar-refractivity contribution >= 4 is 27.5 Å². The fraction of sp³-hybridized carbons (Fsp3) is 0.200. The molecule has 72 valence electrons. The maximum Gasteiger partial charge on any atom is 0.248 e. The first-order valence-electron chi connectivity index (χ1n) is 4.25. The van der Waals surface area contributed by atoms with E-state index < -0.39 is 5.91 Å². The van der Waals surface area contributed by atoms with Crippen LogP contribution < -0.4 is 5.73 Å². The highest BCUT2D eigenvalue weighted by Crippen LogP contribution is 2.26. The summed E-state index contributed by atoms with van der Waals surface area (Å²) in [6.07, 6.45) is 0. The molecule has 0 aliphatic rings. The number of aryl methyl sites for hydroxylation is 2. The van der Waals surface area contributed by atoms with Gasteiger partial charge in [0.1, 0.15) is 0 Å². The van der Waals surface area contributed by atoms with Crippen molar-refractivity contribution in [2.45, 2.75) is 13.8 Å². The van der Waals surface area contributed by atoms with Gasteiger partial charge in [-0.2, -0.15) is 0 Å². The van der Waals surface area contributed by atoms with Gasteiger partial charge >= 0.3 is 0 Å². The van der Waals surface area contributed by atoms with Crippen molar-refractivity contribution in [1.82, 2.24) is 4.98 Å². The monoisotopic (exact) mass is 206 g/mol. The van der Waals surface area contributed by atoms with Crippen molar-refractivity contribution in [3.63, 3.8) is 0 Å². The van der Waals surface area contributed by atoms with Crippen molar-refractivity contribution in [2.75, 3.05) is 0 Å². The molecule has 2 N–H and O–H groups in total. The van der Waals surface area contributed by atoms with E-state index in [1.54, 1.807) is 17.4 Å². The second-order valence-corrected chi connectivity index (χ2v) is 4.44. The molecule has 0 fully saturated rings. The van der Waals surface area contributed by atoms with E-state index in [-0.39, 0.29) is 0 Å². The summed E-state index contributed by atoms with van der Waals surface area (Å²) in [5.74, 6) is -0.402. The summed E-state index contributed by atoms with van der Waals surface area (Å²) in [5.41, 5.74) is 7.66. The summed E-state index contributed by atoms with van der Waals surface area (Å²) in [6, 6.07) is 3.55. The molecule has 0 radical (unpaired) electrons. The molecular weight excluding hydrogens is 196 g/mol. The zero-order valence-corrected chi connectivity index (χ0v) is 8.81. The smallest absolute Gasteiger partial charge is 0.248 e. The molecule has 4 heteroatoms. The van der Waals surface area contributed by atoms with E-state index in [2.05, 4.69) is 4.98 Å². The van der Waals surface area contributed by atoms with Gasteiger partial charge in [0.15, 0.2) is 0 Å². The average molecular weight is 206 g/mol. The number of hydrogen-bond donors (Lipinski definition) is 1. The van der Waals surface area contributed by atoms with Crippen molar-refractivity contribution in [3.05, 3.63) is 28.3 Å². The van der Waals surface area contributed by atoms with Gasteiger partial charge in [0.25, 0.3) is 0 Å². The Morgan fingerprint density at radius 1 is 1.43 bits per heavy atom. The molecule has 3 nitrogen and oxygen atoms in total. The molecule has 0 bridgehead atoms. The summed E-state index contributed by atoms with van der Waals surface area (Å²) in [4.78, 5) is 15.3.